The molecule has 0 heterocycles. The number of benzene rings is 1. The molecule has 1 unspecified atom stereocenters. The summed E-state index contributed by atoms with van der Waals surface area (Å²) in [4.78, 5) is 23.9. The second-order valence-electron chi connectivity index (χ2n) is 5.60. The van der Waals surface area contributed by atoms with Crippen molar-refractivity contribution in [3.05, 3.63) is 29.8 Å². The molecule has 116 valence electrons. The van der Waals surface area contributed by atoms with Gasteiger partial charge in [0, 0.05) is 12.2 Å². The van der Waals surface area contributed by atoms with Gasteiger partial charge in [-0.3, -0.25) is 4.79 Å². The Balaban J connectivity index is 2.75. The van der Waals surface area contributed by atoms with Crippen molar-refractivity contribution in [3.63, 3.8) is 0 Å². The van der Waals surface area contributed by atoms with Gasteiger partial charge >= 0.3 is 5.97 Å². The second-order valence-corrected chi connectivity index (χ2v) is 5.60. The number of anilines is 1. The molecule has 0 saturated carbocycles. The summed E-state index contributed by atoms with van der Waals surface area (Å²) in [6, 6.07) is 6.63. The fraction of sp³-hybridized carbons (Fsp3) is 0.500. The van der Waals surface area contributed by atoms with Gasteiger partial charge in [-0.05, 0) is 51.5 Å². The van der Waals surface area contributed by atoms with Crippen LogP contribution >= 0.6 is 0 Å². The minimum absolute atomic E-state index is 0.120. The molecule has 5 nitrogen and oxygen atoms in total. The van der Waals surface area contributed by atoms with Crippen molar-refractivity contribution < 1.29 is 14.3 Å². The number of rotatable bonds is 6. The molecule has 0 spiro atoms. The van der Waals surface area contributed by atoms with Crippen LogP contribution in [-0.4, -0.2) is 24.5 Å². The average molecular weight is 292 g/mol. The third kappa shape index (κ3) is 4.56. The predicted octanol–water partition coefficient (Wildman–Crippen LogP) is 2.57. The van der Waals surface area contributed by atoms with Crippen LogP contribution in [0, 0.1) is 5.41 Å². The van der Waals surface area contributed by atoms with E-state index in [4.69, 9.17) is 10.5 Å². The molecule has 1 rings (SSSR count). The smallest absolute Gasteiger partial charge is 0.338 e. The molecule has 0 saturated heterocycles. The summed E-state index contributed by atoms with van der Waals surface area (Å²) < 4.78 is 5.10. The average Bonchev–Trinajstić information content (AvgIpc) is 2.46. The summed E-state index contributed by atoms with van der Waals surface area (Å²) in [5.41, 5.74) is 6.16. The molecule has 0 fully saturated rings. The monoisotopic (exact) mass is 292 g/mol. The highest BCUT2D eigenvalue weighted by Gasteiger charge is 2.29. The van der Waals surface area contributed by atoms with Gasteiger partial charge in [0.15, 0.2) is 0 Å². The Labute approximate surface area is 125 Å². The normalized spacial score (nSPS) is 13.6. The van der Waals surface area contributed by atoms with Gasteiger partial charge in [-0.1, -0.05) is 6.92 Å². The molecular weight excluding hydrogens is 268 g/mol. The van der Waals surface area contributed by atoms with E-state index in [2.05, 4.69) is 5.32 Å². The molecule has 1 aromatic carbocycles. The maximum Gasteiger partial charge on any atom is 0.338 e. The summed E-state index contributed by atoms with van der Waals surface area (Å²) >= 11 is 0. The Morgan fingerprint density at radius 1 is 1.29 bits per heavy atom. The lowest BCUT2D eigenvalue weighted by Crippen LogP contribution is -2.39. The highest BCUT2D eigenvalue weighted by Crippen LogP contribution is 2.22. The predicted molar refractivity (Wildman–Crippen MR) is 83.1 cm³/mol. The van der Waals surface area contributed by atoms with Gasteiger partial charge in [-0.25, -0.2) is 4.79 Å². The molecule has 21 heavy (non-hydrogen) atoms. The number of carbonyl (C=O) groups excluding carboxylic acids is 2. The Bertz CT molecular complexity index is 491. The van der Waals surface area contributed by atoms with Crippen LogP contribution in [0.4, 0.5) is 5.69 Å². The van der Waals surface area contributed by atoms with E-state index in [9.17, 15) is 9.59 Å². The van der Waals surface area contributed by atoms with Crippen LogP contribution in [0.1, 0.15) is 44.5 Å². The first kappa shape index (κ1) is 17.2. The largest absolute Gasteiger partial charge is 0.459 e. The van der Waals surface area contributed by atoms with E-state index in [0.29, 0.717) is 17.7 Å². The Morgan fingerprint density at radius 2 is 1.86 bits per heavy atom. The first-order chi connectivity index (χ1) is 9.82. The Kier molecular flexibility index (Phi) is 5.90. The van der Waals surface area contributed by atoms with Gasteiger partial charge in [0.2, 0.25) is 5.91 Å². The molecule has 1 amide bonds. The summed E-state index contributed by atoms with van der Waals surface area (Å²) in [5, 5.41) is 2.82. The molecule has 5 heteroatoms. The third-order valence-corrected chi connectivity index (χ3v) is 3.50. The molecule has 0 aliphatic rings. The van der Waals surface area contributed by atoms with Crippen LogP contribution in [-0.2, 0) is 9.53 Å². The van der Waals surface area contributed by atoms with E-state index in [1.54, 1.807) is 38.1 Å². The number of ether oxygens (including phenoxy) is 1. The van der Waals surface area contributed by atoms with Gasteiger partial charge in [0.25, 0.3) is 0 Å². The van der Waals surface area contributed by atoms with E-state index < -0.39 is 5.41 Å². The first-order valence-electron chi connectivity index (χ1n) is 7.15. The van der Waals surface area contributed by atoms with E-state index in [-0.39, 0.29) is 24.5 Å². The number of nitrogens with one attached hydrogen (secondary N) is 1. The molecule has 1 atom stereocenters. The maximum absolute atomic E-state index is 12.2. The van der Waals surface area contributed by atoms with Crippen LogP contribution in [0.15, 0.2) is 24.3 Å². The van der Waals surface area contributed by atoms with Crippen molar-refractivity contribution in [1.82, 2.24) is 0 Å². The van der Waals surface area contributed by atoms with Gasteiger partial charge < -0.3 is 15.8 Å². The van der Waals surface area contributed by atoms with E-state index >= 15 is 0 Å². The minimum Gasteiger partial charge on any atom is -0.459 e. The quantitative estimate of drug-likeness (QED) is 0.790. The van der Waals surface area contributed by atoms with Crippen LogP contribution in [0.5, 0.6) is 0 Å². The van der Waals surface area contributed by atoms with Crippen molar-refractivity contribution in [3.8, 4) is 0 Å². The number of carbonyl (C=O) groups is 2. The summed E-state index contributed by atoms with van der Waals surface area (Å²) in [6.45, 7) is 7.64. The van der Waals surface area contributed by atoms with Crippen molar-refractivity contribution in [2.45, 2.75) is 40.2 Å². The Morgan fingerprint density at radius 3 is 2.29 bits per heavy atom. The van der Waals surface area contributed by atoms with Gasteiger partial charge in [-0.15, -0.1) is 0 Å². The highest BCUT2D eigenvalue weighted by atomic mass is 16.5. The zero-order valence-electron chi connectivity index (χ0n) is 13.1. The zero-order chi connectivity index (χ0) is 16.0. The first-order valence-corrected chi connectivity index (χ1v) is 7.15. The van der Waals surface area contributed by atoms with E-state index in [1.165, 1.54) is 0 Å². The number of amides is 1. The number of hydrogen-bond donors (Lipinski definition) is 2. The topological polar surface area (TPSA) is 81.4 Å². The zero-order valence-corrected chi connectivity index (χ0v) is 13.1. The molecule has 1 aromatic rings. The van der Waals surface area contributed by atoms with Crippen molar-refractivity contribution in [2.24, 2.45) is 11.1 Å². The molecule has 0 bridgehead atoms. The molecular formula is C16H24N2O3. The lowest BCUT2D eigenvalue weighted by molar-refractivity contribution is -0.124. The summed E-state index contributed by atoms with van der Waals surface area (Å²) in [5.74, 6) is -0.492. The molecule has 3 N–H and O–H groups in total. The molecule has 0 aliphatic heterocycles. The van der Waals surface area contributed by atoms with Gasteiger partial charge in [0.1, 0.15) is 0 Å². The minimum atomic E-state index is -0.588. The highest BCUT2D eigenvalue weighted by molar-refractivity contribution is 5.96. The number of nitrogens with two attached hydrogens (primary N) is 1. The summed E-state index contributed by atoms with van der Waals surface area (Å²) in [6.07, 6.45) is 0.500. The van der Waals surface area contributed by atoms with Crippen LogP contribution in [0.25, 0.3) is 0 Å². The van der Waals surface area contributed by atoms with Crippen LogP contribution in [0.3, 0.4) is 0 Å². The third-order valence-electron chi connectivity index (χ3n) is 3.50. The van der Waals surface area contributed by atoms with Crippen molar-refractivity contribution in [1.29, 1.82) is 0 Å². The van der Waals surface area contributed by atoms with Crippen molar-refractivity contribution in [2.75, 3.05) is 11.9 Å². The molecule has 0 radical (unpaired) electrons. The van der Waals surface area contributed by atoms with Crippen molar-refractivity contribution >= 4 is 17.6 Å². The molecule has 0 aromatic heterocycles. The molecule has 0 aliphatic carbocycles. The fourth-order valence-electron chi connectivity index (χ4n) is 1.65. The van der Waals surface area contributed by atoms with Gasteiger partial charge in [-0.2, -0.15) is 0 Å². The van der Waals surface area contributed by atoms with Crippen LogP contribution < -0.4 is 11.1 Å². The van der Waals surface area contributed by atoms with E-state index in [1.807, 2.05) is 13.8 Å². The SMILES string of the molecule is CCC(C)(CN)C(=O)Nc1ccc(C(=O)OC(C)C)cc1. The number of hydrogen-bond acceptors (Lipinski definition) is 4. The fourth-order valence-corrected chi connectivity index (χ4v) is 1.65. The lowest BCUT2D eigenvalue weighted by atomic mass is 9.86. The second kappa shape index (κ2) is 7.22. The summed E-state index contributed by atoms with van der Waals surface area (Å²) in [7, 11) is 0. The lowest BCUT2D eigenvalue weighted by Gasteiger charge is -2.24. The van der Waals surface area contributed by atoms with Crippen LogP contribution in [0.2, 0.25) is 0 Å². The number of esters is 1. The standard InChI is InChI=1S/C16H24N2O3/c1-5-16(4,10-17)15(20)18-13-8-6-12(7-9-13)14(19)21-11(2)3/h6-9,11H,5,10,17H2,1-4H3,(H,18,20). The van der Waals surface area contributed by atoms with Gasteiger partial charge in [0.05, 0.1) is 17.1 Å². The van der Waals surface area contributed by atoms with E-state index in [0.717, 1.165) is 0 Å². The Hall–Kier alpha value is -1.88. The maximum atomic E-state index is 12.2.